The largest absolute Gasteiger partial charge is 0.497 e. The average Bonchev–Trinajstić information content (AvgIpc) is 2.72. The van der Waals surface area contributed by atoms with E-state index in [2.05, 4.69) is 11.4 Å². The lowest BCUT2D eigenvalue weighted by molar-refractivity contribution is -0.154. The normalized spacial score (nSPS) is 23.4. The number of fused-ring (bicyclic) bond motifs is 1. The van der Waals surface area contributed by atoms with E-state index >= 15 is 0 Å². The predicted octanol–water partition coefficient (Wildman–Crippen LogP) is 2.23. The summed E-state index contributed by atoms with van der Waals surface area (Å²) in [6, 6.07) is 6.13. The lowest BCUT2D eigenvalue weighted by Gasteiger charge is -2.38. The van der Waals surface area contributed by atoms with Crippen molar-refractivity contribution in [3.05, 3.63) is 29.3 Å². The molecule has 0 radical (unpaired) electrons. The number of carbonyl (C=O) groups is 1. The van der Waals surface area contributed by atoms with Crippen LogP contribution in [0.25, 0.3) is 0 Å². The Morgan fingerprint density at radius 3 is 2.75 bits per heavy atom. The third-order valence-electron chi connectivity index (χ3n) is 4.62. The molecule has 1 spiro atoms. The molecule has 2 aliphatic rings. The second-order valence-electron chi connectivity index (χ2n) is 5.84. The second kappa shape index (κ2) is 5.09. The monoisotopic (exact) mass is 275 g/mol. The number of ether oxygens (including phenoxy) is 2. The molecule has 1 unspecified atom stereocenters. The van der Waals surface area contributed by atoms with Gasteiger partial charge in [0.2, 0.25) is 0 Å². The second-order valence-corrected chi connectivity index (χ2v) is 5.84. The molecule has 20 heavy (non-hydrogen) atoms. The Kier molecular flexibility index (Phi) is 3.42. The van der Waals surface area contributed by atoms with Gasteiger partial charge in [0.15, 0.2) is 0 Å². The smallest absolute Gasteiger partial charge is 0.303 e. The van der Waals surface area contributed by atoms with Crippen molar-refractivity contribution in [3.8, 4) is 5.75 Å². The van der Waals surface area contributed by atoms with Gasteiger partial charge in [0.05, 0.1) is 7.11 Å². The zero-order valence-electron chi connectivity index (χ0n) is 12.1. The van der Waals surface area contributed by atoms with Gasteiger partial charge >= 0.3 is 5.97 Å². The van der Waals surface area contributed by atoms with E-state index in [9.17, 15) is 4.79 Å². The maximum Gasteiger partial charge on any atom is 0.303 e. The van der Waals surface area contributed by atoms with Gasteiger partial charge in [-0.05, 0) is 55.6 Å². The van der Waals surface area contributed by atoms with E-state index in [1.54, 1.807) is 7.11 Å². The first kappa shape index (κ1) is 13.4. The van der Waals surface area contributed by atoms with Crippen LogP contribution >= 0.6 is 0 Å². The maximum atomic E-state index is 11.5. The molecule has 0 aromatic heterocycles. The molecule has 1 atom stereocenters. The molecule has 108 valence electrons. The van der Waals surface area contributed by atoms with E-state index in [0.29, 0.717) is 0 Å². The third kappa shape index (κ3) is 2.18. The van der Waals surface area contributed by atoms with Crippen molar-refractivity contribution < 1.29 is 14.3 Å². The van der Waals surface area contributed by atoms with E-state index in [4.69, 9.17) is 9.47 Å². The van der Waals surface area contributed by atoms with Crippen molar-refractivity contribution in [2.24, 2.45) is 5.41 Å². The maximum absolute atomic E-state index is 11.5. The van der Waals surface area contributed by atoms with Crippen molar-refractivity contribution in [1.82, 2.24) is 5.32 Å². The van der Waals surface area contributed by atoms with Crippen LogP contribution in [0.5, 0.6) is 5.75 Å². The molecule has 1 aromatic carbocycles. The number of piperidine rings is 1. The van der Waals surface area contributed by atoms with Crippen LogP contribution < -0.4 is 10.1 Å². The number of rotatable bonds is 2. The first-order valence-electron chi connectivity index (χ1n) is 7.19. The summed E-state index contributed by atoms with van der Waals surface area (Å²) in [5, 5.41) is 3.39. The Hall–Kier alpha value is -1.55. The molecule has 4 heteroatoms. The Bertz CT molecular complexity index is 520. The molecule has 1 aromatic rings. The number of esters is 1. The molecule has 1 aliphatic carbocycles. The van der Waals surface area contributed by atoms with Gasteiger partial charge in [0.25, 0.3) is 0 Å². The highest BCUT2D eigenvalue weighted by atomic mass is 16.5. The van der Waals surface area contributed by atoms with Crippen molar-refractivity contribution >= 4 is 5.97 Å². The number of hydrogen-bond acceptors (Lipinski definition) is 4. The Balaban J connectivity index is 2.00. The van der Waals surface area contributed by atoms with Crippen LogP contribution in [0.4, 0.5) is 0 Å². The Morgan fingerprint density at radius 2 is 2.10 bits per heavy atom. The van der Waals surface area contributed by atoms with Crippen LogP contribution in [0.3, 0.4) is 0 Å². The molecule has 3 rings (SSSR count). The van der Waals surface area contributed by atoms with Gasteiger partial charge in [-0.15, -0.1) is 0 Å². The van der Waals surface area contributed by atoms with Crippen LogP contribution in [0.15, 0.2) is 18.2 Å². The Morgan fingerprint density at radius 1 is 1.35 bits per heavy atom. The number of methoxy groups -OCH3 is 1. The first-order chi connectivity index (χ1) is 9.64. The fourth-order valence-corrected chi connectivity index (χ4v) is 3.62. The molecule has 0 saturated carbocycles. The summed E-state index contributed by atoms with van der Waals surface area (Å²) >= 11 is 0. The summed E-state index contributed by atoms with van der Waals surface area (Å²) in [6.07, 6.45) is 2.95. The van der Waals surface area contributed by atoms with E-state index in [-0.39, 0.29) is 17.5 Å². The van der Waals surface area contributed by atoms with Gasteiger partial charge in [-0.1, -0.05) is 6.07 Å². The van der Waals surface area contributed by atoms with Crippen molar-refractivity contribution in [3.63, 3.8) is 0 Å². The van der Waals surface area contributed by atoms with Gasteiger partial charge in [-0.25, -0.2) is 0 Å². The SMILES string of the molecule is COc1ccc2c(c1)C(OC(C)=O)C1(CCNCC1)C2. The third-order valence-corrected chi connectivity index (χ3v) is 4.62. The van der Waals surface area contributed by atoms with Gasteiger partial charge < -0.3 is 14.8 Å². The van der Waals surface area contributed by atoms with Crippen LogP contribution in [0.2, 0.25) is 0 Å². The van der Waals surface area contributed by atoms with Crippen LogP contribution in [-0.2, 0) is 16.0 Å². The van der Waals surface area contributed by atoms with Crippen molar-refractivity contribution in [2.75, 3.05) is 20.2 Å². The highest BCUT2D eigenvalue weighted by Gasteiger charge is 2.48. The standard InChI is InChI=1S/C16H21NO3/c1-11(18)20-15-14-9-13(19-2)4-3-12(14)10-16(15)5-7-17-8-6-16/h3-4,9,15,17H,5-8,10H2,1-2H3. The van der Waals surface area contributed by atoms with Gasteiger partial charge in [-0.2, -0.15) is 0 Å². The quantitative estimate of drug-likeness (QED) is 0.841. The van der Waals surface area contributed by atoms with Crippen LogP contribution in [-0.4, -0.2) is 26.2 Å². The average molecular weight is 275 g/mol. The Labute approximate surface area is 119 Å². The van der Waals surface area contributed by atoms with Gasteiger partial charge in [0.1, 0.15) is 11.9 Å². The molecule has 0 amide bonds. The fourth-order valence-electron chi connectivity index (χ4n) is 3.62. The summed E-state index contributed by atoms with van der Waals surface area (Å²) in [6.45, 7) is 3.47. The molecule has 1 saturated heterocycles. The zero-order valence-corrected chi connectivity index (χ0v) is 12.1. The number of hydrogen-bond donors (Lipinski definition) is 1. The van der Waals surface area contributed by atoms with Crippen molar-refractivity contribution in [1.29, 1.82) is 0 Å². The number of nitrogens with one attached hydrogen (secondary N) is 1. The molecule has 1 aliphatic heterocycles. The molecule has 4 nitrogen and oxygen atoms in total. The van der Waals surface area contributed by atoms with E-state index < -0.39 is 0 Å². The van der Waals surface area contributed by atoms with Gasteiger partial charge in [0, 0.05) is 12.3 Å². The van der Waals surface area contributed by atoms with Crippen LogP contribution in [0.1, 0.15) is 37.0 Å². The summed E-state index contributed by atoms with van der Waals surface area (Å²) in [7, 11) is 1.66. The van der Waals surface area contributed by atoms with E-state index in [0.717, 1.165) is 43.7 Å². The minimum Gasteiger partial charge on any atom is -0.497 e. The summed E-state index contributed by atoms with van der Waals surface area (Å²) in [4.78, 5) is 11.5. The predicted molar refractivity (Wildman–Crippen MR) is 75.7 cm³/mol. The molecule has 1 fully saturated rings. The lowest BCUT2D eigenvalue weighted by Crippen LogP contribution is -2.40. The molecular weight excluding hydrogens is 254 g/mol. The zero-order chi connectivity index (χ0) is 14.2. The minimum absolute atomic E-state index is 0.0611. The van der Waals surface area contributed by atoms with Crippen LogP contribution in [0, 0.1) is 5.41 Å². The molecule has 0 bridgehead atoms. The first-order valence-corrected chi connectivity index (χ1v) is 7.19. The number of carbonyl (C=O) groups excluding carboxylic acids is 1. The fraction of sp³-hybridized carbons (Fsp3) is 0.562. The van der Waals surface area contributed by atoms with E-state index in [1.807, 2.05) is 12.1 Å². The molecule has 1 heterocycles. The number of benzene rings is 1. The summed E-state index contributed by atoms with van der Waals surface area (Å²) in [5.41, 5.74) is 2.48. The minimum atomic E-state index is -0.205. The molecular formula is C16H21NO3. The topological polar surface area (TPSA) is 47.6 Å². The lowest BCUT2D eigenvalue weighted by atomic mass is 9.74. The summed E-state index contributed by atoms with van der Waals surface area (Å²) < 4.78 is 11.0. The van der Waals surface area contributed by atoms with E-state index in [1.165, 1.54) is 12.5 Å². The highest BCUT2D eigenvalue weighted by Crippen LogP contribution is 2.53. The van der Waals surface area contributed by atoms with Gasteiger partial charge in [-0.3, -0.25) is 4.79 Å². The molecule has 1 N–H and O–H groups in total. The van der Waals surface area contributed by atoms with Crippen molar-refractivity contribution in [2.45, 2.75) is 32.3 Å². The highest BCUT2D eigenvalue weighted by molar-refractivity contribution is 5.67. The summed E-state index contributed by atoms with van der Waals surface area (Å²) in [5.74, 6) is 0.621.